The van der Waals surface area contributed by atoms with Gasteiger partial charge in [-0.2, -0.15) is 9.97 Å². The van der Waals surface area contributed by atoms with Gasteiger partial charge in [-0.05, 0) is 49.0 Å². The number of hydrogen-bond acceptors (Lipinski definition) is 6. The number of nitrogens with one attached hydrogen (secondary N) is 2. The second-order valence-corrected chi connectivity index (χ2v) is 9.31. The molecule has 0 amide bonds. The maximum absolute atomic E-state index is 5.69. The zero-order chi connectivity index (χ0) is 21.8. The number of aromatic nitrogens is 2. The van der Waals surface area contributed by atoms with Gasteiger partial charge in [-0.3, -0.25) is 0 Å². The molecule has 7 nitrogen and oxygen atoms in total. The van der Waals surface area contributed by atoms with Gasteiger partial charge in [-0.1, -0.05) is 37.1 Å². The average Bonchev–Trinajstić information content (AvgIpc) is 3.41. The molecule has 8 heteroatoms. The lowest BCUT2D eigenvalue weighted by Crippen LogP contribution is -2.35. The molecule has 3 aliphatic rings. The van der Waals surface area contributed by atoms with Crippen molar-refractivity contribution in [2.45, 2.75) is 57.7 Å². The fourth-order valence-electron chi connectivity index (χ4n) is 4.75. The Bertz CT molecular complexity index is 915. The van der Waals surface area contributed by atoms with E-state index in [0.717, 1.165) is 57.3 Å². The third-order valence-corrected chi connectivity index (χ3v) is 6.78. The lowest BCUT2D eigenvalue weighted by atomic mass is 10.1. The van der Waals surface area contributed by atoms with Crippen molar-refractivity contribution in [2.75, 3.05) is 41.4 Å². The van der Waals surface area contributed by atoms with E-state index in [0.29, 0.717) is 17.6 Å². The number of thiocarbonyl (C=S) groups is 1. The summed E-state index contributed by atoms with van der Waals surface area (Å²) < 4.78 is 5.69. The quantitative estimate of drug-likeness (QED) is 0.664. The molecule has 2 saturated heterocycles. The average molecular weight is 453 g/mol. The molecule has 170 valence electrons. The number of anilines is 3. The van der Waals surface area contributed by atoms with Crippen molar-refractivity contribution in [2.24, 2.45) is 0 Å². The number of benzene rings is 1. The lowest BCUT2D eigenvalue weighted by molar-refractivity contribution is 0.114. The minimum absolute atomic E-state index is 0.234. The summed E-state index contributed by atoms with van der Waals surface area (Å²) in [6.45, 7) is 5.37. The van der Waals surface area contributed by atoms with Gasteiger partial charge in [0.25, 0.3) is 0 Å². The van der Waals surface area contributed by atoms with E-state index in [4.69, 9.17) is 26.9 Å². The summed E-state index contributed by atoms with van der Waals surface area (Å²) in [6.07, 6.45) is 7.43. The smallest absolute Gasteiger partial charge is 0.232 e. The van der Waals surface area contributed by atoms with E-state index in [2.05, 4.69) is 50.8 Å². The maximum Gasteiger partial charge on any atom is 0.232 e. The highest BCUT2D eigenvalue weighted by atomic mass is 32.1. The first-order valence-electron chi connectivity index (χ1n) is 11.9. The zero-order valence-corrected chi connectivity index (χ0v) is 19.4. The molecule has 0 spiro atoms. The number of nitrogens with zero attached hydrogens (tertiary/aromatic N) is 4. The first-order chi connectivity index (χ1) is 15.7. The third-order valence-electron chi connectivity index (χ3n) is 6.53. The molecule has 5 rings (SSSR count). The zero-order valence-electron chi connectivity index (χ0n) is 18.6. The van der Waals surface area contributed by atoms with E-state index in [1.54, 1.807) is 0 Å². The van der Waals surface area contributed by atoms with Gasteiger partial charge in [0.15, 0.2) is 5.11 Å². The molecule has 0 unspecified atom stereocenters. The van der Waals surface area contributed by atoms with Crippen molar-refractivity contribution in [1.29, 1.82) is 0 Å². The standard InChI is InChI=1S/C24H32N6OS/c32-24(25-15-20-10-7-13-31-20)28-23-26-21(29-11-5-1-2-6-12-29)14-22(27-23)30-16-18-8-3-4-9-19(18)17-30/h3-4,8-9,14,20H,1-2,5-7,10-13,15-17H2,(H2,25,26,27,28,32)/t20-/m1/s1. The van der Waals surface area contributed by atoms with Gasteiger partial charge in [0.1, 0.15) is 11.6 Å². The Balaban J connectivity index is 1.35. The molecule has 4 heterocycles. The Morgan fingerprint density at radius 3 is 2.31 bits per heavy atom. The van der Waals surface area contributed by atoms with Gasteiger partial charge in [0.05, 0.1) is 6.10 Å². The molecule has 2 fully saturated rings. The van der Waals surface area contributed by atoms with Crippen molar-refractivity contribution in [3.8, 4) is 0 Å². The van der Waals surface area contributed by atoms with Crippen LogP contribution in [0.1, 0.15) is 49.7 Å². The minimum Gasteiger partial charge on any atom is -0.376 e. The molecular weight excluding hydrogens is 420 g/mol. The highest BCUT2D eigenvalue weighted by molar-refractivity contribution is 7.80. The largest absolute Gasteiger partial charge is 0.376 e. The van der Waals surface area contributed by atoms with Crippen LogP contribution in [0.5, 0.6) is 0 Å². The number of hydrogen-bond donors (Lipinski definition) is 2. The molecule has 0 radical (unpaired) electrons. The summed E-state index contributed by atoms with van der Waals surface area (Å²) in [5.41, 5.74) is 2.73. The summed E-state index contributed by atoms with van der Waals surface area (Å²) in [5, 5.41) is 7.05. The van der Waals surface area contributed by atoms with Crippen LogP contribution in [-0.2, 0) is 17.8 Å². The Kier molecular flexibility index (Phi) is 6.69. The van der Waals surface area contributed by atoms with Crippen LogP contribution in [-0.4, -0.2) is 47.4 Å². The van der Waals surface area contributed by atoms with E-state index in [-0.39, 0.29) is 6.10 Å². The van der Waals surface area contributed by atoms with E-state index < -0.39 is 0 Å². The van der Waals surface area contributed by atoms with Crippen molar-refractivity contribution in [3.05, 3.63) is 41.5 Å². The van der Waals surface area contributed by atoms with Crippen molar-refractivity contribution in [1.82, 2.24) is 15.3 Å². The van der Waals surface area contributed by atoms with Crippen LogP contribution in [0.15, 0.2) is 30.3 Å². The fourth-order valence-corrected chi connectivity index (χ4v) is 4.93. The first-order valence-corrected chi connectivity index (χ1v) is 12.3. The maximum atomic E-state index is 5.69. The molecular formula is C24H32N6OS. The number of ether oxygens (including phenoxy) is 1. The predicted octanol–water partition coefficient (Wildman–Crippen LogP) is 3.84. The molecule has 1 aromatic carbocycles. The van der Waals surface area contributed by atoms with Crippen LogP contribution in [0.2, 0.25) is 0 Å². The fraction of sp³-hybridized carbons (Fsp3) is 0.542. The molecule has 1 aromatic heterocycles. The Labute approximate surface area is 195 Å². The summed E-state index contributed by atoms with van der Waals surface area (Å²) in [7, 11) is 0. The van der Waals surface area contributed by atoms with Crippen LogP contribution in [0.25, 0.3) is 0 Å². The molecule has 32 heavy (non-hydrogen) atoms. The Morgan fingerprint density at radius 2 is 1.66 bits per heavy atom. The summed E-state index contributed by atoms with van der Waals surface area (Å²) in [4.78, 5) is 14.4. The van der Waals surface area contributed by atoms with E-state index in [9.17, 15) is 0 Å². The van der Waals surface area contributed by atoms with Crippen molar-refractivity contribution < 1.29 is 4.74 Å². The molecule has 1 atom stereocenters. The monoisotopic (exact) mass is 452 g/mol. The van der Waals surface area contributed by atoms with Gasteiger partial charge in [0, 0.05) is 45.4 Å². The van der Waals surface area contributed by atoms with Crippen molar-refractivity contribution in [3.63, 3.8) is 0 Å². The lowest BCUT2D eigenvalue weighted by Gasteiger charge is -2.25. The Morgan fingerprint density at radius 1 is 0.969 bits per heavy atom. The molecule has 3 aliphatic heterocycles. The SMILES string of the molecule is S=C(NC[C@H]1CCCO1)Nc1nc(N2CCCCCC2)cc(N2Cc3ccccc3C2)n1. The predicted molar refractivity (Wildman–Crippen MR) is 132 cm³/mol. The van der Waals surface area contributed by atoms with Gasteiger partial charge in [-0.25, -0.2) is 0 Å². The van der Waals surface area contributed by atoms with Crippen LogP contribution in [0.4, 0.5) is 17.6 Å². The molecule has 0 bridgehead atoms. The summed E-state index contributed by atoms with van der Waals surface area (Å²) in [6, 6.07) is 10.8. The topological polar surface area (TPSA) is 65.6 Å². The van der Waals surface area contributed by atoms with Gasteiger partial charge >= 0.3 is 0 Å². The van der Waals surface area contributed by atoms with Gasteiger partial charge in [-0.15, -0.1) is 0 Å². The molecule has 0 saturated carbocycles. The highest BCUT2D eigenvalue weighted by Crippen LogP contribution is 2.30. The summed E-state index contributed by atoms with van der Waals surface area (Å²) in [5.74, 6) is 2.49. The van der Waals surface area contributed by atoms with E-state index in [1.165, 1.54) is 36.8 Å². The third kappa shape index (κ3) is 5.13. The number of fused-ring (bicyclic) bond motifs is 1. The second kappa shape index (κ2) is 10.0. The minimum atomic E-state index is 0.234. The number of rotatable bonds is 5. The second-order valence-electron chi connectivity index (χ2n) is 8.90. The molecule has 2 aromatic rings. The normalized spacial score (nSPS) is 20.7. The Hall–Kier alpha value is -2.45. The summed E-state index contributed by atoms with van der Waals surface area (Å²) >= 11 is 5.54. The van der Waals surface area contributed by atoms with Gasteiger partial charge in [0.2, 0.25) is 5.95 Å². The van der Waals surface area contributed by atoms with E-state index >= 15 is 0 Å². The van der Waals surface area contributed by atoms with E-state index in [1.807, 2.05) is 0 Å². The molecule has 0 aliphatic carbocycles. The first kappa shape index (κ1) is 21.4. The van der Waals surface area contributed by atoms with Crippen LogP contribution >= 0.6 is 12.2 Å². The molecule has 2 N–H and O–H groups in total. The van der Waals surface area contributed by atoms with Crippen LogP contribution in [0, 0.1) is 0 Å². The van der Waals surface area contributed by atoms with Crippen LogP contribution < -0.4 is 20.4 Å². The van der Waals surface area contributed by atoms with Gasteiger partial charge < -0.3 is 25.2 Å². The highest BCUT2D eigenvalue weighted by Gasteiger charge is 2.23. The van der Waals surface area contributed by atoms with Crippen molar-refractivity contribution >= 4 is 34.9 Å². The van der Waals surface area contributed by atoms with Crippen LogP contribution in [0.3, 0.4) is 0 Å².